The summed E-state index contributed by atoms with van der Waals surface area (Å²) in [6.07, 6.45) is 0. The molecule has 0 saturated heterocycles. The summed E-state index contributed by atoms with van der Waals surface area (Å²) in [4.78, 5) is 0. The van der Waals surface area contributed by atoms with Crippen LogP contribution in [-0.4, -0.2) is 0 Å². The van der Waals surface area contributed by atoms with Gasteiger partial charge in [-0.05, 0) is 43.2 Å². The molecule has 1 N–H and O–H groups in total. The molecule has 0 spiro atoms. The van der Waals surface area contributed by atoms with Crippen molar-refractivity contribution in [2.45, 2.75) is 19.9 Å². The molecule has 2 rings (SSSR count). The highest BCUT2D eigenvalue weighted by Gasteiger charge is 2.11. The Bertz CT molecular complexity index is 552. The Morgan fingerprint density at radius 3 is 2.50 bits per heavy atom. The second kappa shape index (κ2) is 5.64. The van der Waals surface area contributed by atoms with Crippen LogP contribution < -0.4 is 5.32 Å². The van der Waals surface area contributed by atoms with Gasteiger partial charge in [0, 0.05) is 5.69 Å². The van der Waals surface area contributed by atoms with Gasteiger partial charge in [0.25, 0.3) is 0 Å². The molecule has 2 aromatic carbocycles. The molecule has 0 radical (unpaired) electrons. The fourth-order valence-corrected chi connectivity index (χ4v) is 2.39. The standard InChI is InChI=1S/C15H15Cl2N/c1-10-5-3-6-12(9-10)18-11(2)13-7-4-8-14(16)15(13)17/h3-9,11,18H,1-2H3. The predicted molar refractivity (Wildman–Crippen MR) is 79.7 cm³/mol. The third-order valence-electron chi connectivity index (χ3n) is 2.85. The minimum Gasteiger partial charge on any atom is -0.378 e. The average molecular weight is 280 g/mol. The van der Waals surface area contributed by atoms with Crippen molar-refractivity contribution in [3.05, 3.63) is 63.6 Å². The lowest BCUT2D eigenvalue weighted by Gasteiger charge is -2.17. The highest BCUT2D eigenvalue weighted by atomic mass is 35.5. The van der Waals surface area contributed by atoms with Crippen LogP contribution in [0.15, 0.2) is 42.5 Å². The fourth-order valence-electron chi connectivity index (χ4n) is 1.92. The maximum atomic E-state index is 6.21. The van der Waals surface area contributed by atoms with Crippen LogP contribution in [0.3, 0.4) is 0 Å². The van der Waals surface area contributed by atoms with Gasteiger partial charge in [0.05, 0.1) is 16.1 Å². The molecule has 0 aromatic heterocycles. The summed E-state index contributed by atoms with van der Waals surface area (Å²) in [5.41, 5.74) is 3.31. The summed E-state index contributed by atoms with van der Waals surface area (Å²) in [5, 5.41) is 4.63. The zero-order valence-corrected chi connectivity index (χ0v) is 11.9. The summed E-state index contributed by atoms with van der Waals surface area (Å²) in [6.45, 7) is 4.14. The molecule has 1 unspecified atom stereocenters. The van der Waals surface area contributed by atoms with E-state index in [4.69, 9.17) is 23.2 Å². The first-order chi connectivity index (χ1) is 8.58. The van der Waals surface area contributed by atoms with Crippen molar-refractivity contribution in [1.29, 1.82) is 0 Å². The second-order valence-corrected chi connectivity index (χ2v) is 5.16. The molecule has 0 amide bonds. The van der Waals surface area contributed by atoms with Gasteiger partial charge in [-0.3, -0.25) is 0 Å². The molecule has 1 atom stereocenters. The van der Waals surface area contributed by atoms with Crippen LogP contribution in [0, 0.1) is 6.92 Å². The normalized spacial score (nSPS) is 12.2. The van der Waals surface area contributed by atoms with Crippen molar-refractivity contribution in [2.24, 2.45) is 0 Å². The highest BCUT2D eigenvalue weighted by molar-refractivity contribution is 6.42. The van der Waals surface area contributed by atoms with Crippen LogP contribution in [0.4, 0.5) is 5.69 Å². The summed E-state index contributed by atoms with van der Waals surface area (Å²) in [7, 11) is 0. The SMILES string of the molecule is Cc1cccc(NC(C)c2cccc(Cl)c2Cl)c1. The fraction of sp³-hybridized carbons (Fsp3) is 0.200. The first-order valence-corrected chi connectivity index (χ1v) is 6.60. The van der Waals surface area contributed by atoms with Gasteiger partial charge in [-0.1, -0.05) is 47.5 Å². The van der Waals surface area contributed by atoms with Crippen LogP contribution >= 0.6 is 23.2 Å². The first-order valence-electron chi connectivity index (χ1n) is 5.85. The first kappa shape index (κ1) is 13.3. The van der Waals surface area contributed by atoms with Crippen molar-refractivity contribution >= 4 is 28.9 Å². The molecule has 0 bridgehead atoms. The summed E-state index contributed by atoms with van der Waals surface area (Å²) >= 11 is 12.2. The van der Waals surface area contributed by atoms with Crippen molar-refractivity contribution in [2.75, 3.05) is 5.32 Å². The number of anilines is 1. The molecule has 0 heterocycles. The van der Waals surface area contributed by atoms with Crippen LogP contribution in [0.25, 0.3) is 0 Å². The molecular formula is C15H15Cl2N. The third-order valence-corrected chi connectivity index (χ3v) is 3.68. The molecule has 0 saturated carbocycles. The zero-order chi connectivity index (χ0) is 13.1. The molecule has 0 aliphatic heterocycles. The monoisotopic (exact) mass is 279 g/mol. The van der Waals surface area contributed by atoms with Crippen LogP contribution in [0.1, 0.15) is 24.1 Å². The van der Waals surface area contributed by atoms with Gasteiger partial charge in [0.1, 0.15) is 0 Å². The van der Waals surface area contributed by atoms with Gasteiger partial charge in [-0.15, -0.1) is 0 Å². The van der Waals surface area contributed by atoms with Gasteiger partial charge in [0.15, 0.2) is 0 Å². The average Bonchev–Trinajstić information content (AvgIpc) is 2.32. The van der Waals surface area contributed by atoms with Gasteiger partial charge in [0.2, 0.25) is 0 Å². The number of hydrogen-bond acceptors (Lipinski definition) is 1. The van der Waals surface area contributed by atoms with E-state index in [1.807, 2.05) is 24.3 Å². The highest BCUT2D eigenvalue weighted by Crippen LogP contribution is 2.31. The Balaban J connectivity index is 2.22. The van der Waals surface area contributed by atoms with Crippen LogP contribution in [0.2, 0.25) is 10.0 Å². The quantitative estimate of drug-likeness (QED) is 0.785. The Labute approximate surface area is 118 Å². The molecule has 0 aliphatic rings. The maximum absolute atomic E-state index is 6.21. The Morgan fingerprint density at radius 1 is 1.06 bits per heavy atom. The Kier molecular flexibility index (Phi) is 4.15. The lowest BCUT2D eigenvalue weighted by atomic mass is 10.1. The third kappa shape index (κ3) is 2.98. The van der Waals surface area contributed by atoms with Crippen molar-refractivity contribution in [3.8, 4) is 0 Å². The van der Waals surface area contributed by atoms with E-state index in [1.165, 1.54) is 5.56 Å². The molecule has 18 heavy (non-hydrogen) atoms. The molecule has 0 fully saturated rings. The number of benzene rings is 2. The summed E-state index contributed by atoms with van der Waals surface area (Å²) in [6, 6.07) is 14.1. The lowest BCUT2D eigenvalue weighted by molar-refractivity contribution is 0.885. The van der Waals surface area contributed by atoms with Crippen molar-refractivity contribution < 1.29 is 0 Å². The Morgan fingerprint density at radius 2 is 1.78 bits per heavy atom. The van der Waals surface area contributed by atoms with E-state index in [0.717, 1.165) is 11.3 Å². The molecule has 3 heteroatoms. The van der Waals surface area contributed by atoms with E-state index < -0.39 is 0 Å². The molecule has 0 aliphatic carbocycles. The molecule has 94 valence electrons. The number of halogens is 2. The van der Waals surface area contributed by atoms with Crippen LogP contribution in [-0.2, 0) is 0 Å². The smallest absolute Gasteiger partial charge is 0.0644 e. The molecular weight excluding hydrogens is 265 g/mol. The Hall–Kier alpha value is -1.18. The summed E-state index contributed by atoms with van der Waals surface area (Å²) in [5.74, 6) is 0. The van der Waals surface area contributed by atoms with Gasteiger partial charge in [-0.25, -0.2) is 0 Å². The zero-order valence-electron chi connectivity index (χ0n) is 10.4. The minimum atomic E-state index is 0.109. The predicted octanol–water partition coefficient (Wildman–Crippen LogP) is 5.47. The van der Waals surface area contributed by atoms with Gasteiger partial charge >= 0.3 is 0 Å². The van der Waals surface area contributed by atoms with E-state index in [9.17, 15) is 0 Å². The topological polar surface area (TPSA) is 12.0 Å². The van der Waals surface area contributed by atoms with Gasteiger partial charge in [-0.2, -0.15) is 0 Å². The molecule has 1 nitrogen and oxygen atoms in total. The second-order valence-electron chi connectivity index (χ2n) is 4.38. The number of aryl methyl sites for hydroxylation is 1. The minimum absolute atomic E-state index is 0.109. The van der Waals surface area contributed by atoms with E-state index in [2.05, 4.69) is 31.3 Å². The van der Waals surface area contributed by atoms with Crippen LogP contribution in [0.5, 0.6) is 0 Å². The lowest BCUT2D eigenvalue weighted by Crippen LogP contribution is -2.07. The van der Waals surface area contributed by atoms with Crippen molar-refractivity contribution in [1.82, 2.24) is 0 Å². The van der Waals surface area contributed by atoms with E-state index in [1.54, 1.807) is 6.07 Å². The largest absolute Gasteiger partial charge is 0.378 e. The van der Waals surface area contributed by atoms with Crippen molar-refractivity contribution in [3.63, 3.8) is 0 Å². The number of hydrogen-bond donors (Lipinski definition) is 1. The van der Waals surface area contributed by atoms with E-state index in [0.29, 0.717) is 10.0 Å². The van der Waals surface area contributed by atoms with E-state index in [-0.39, 0.29) is 6.04 Å². The number of rotatable bonds is 3. The maximum Gasteiger partial charge on any atom is 0.0644 e. The van der Waals surface area contributed by atoms with Gasteiger partial charge < -0.3 is 5.32 Å². The summed E-state index contributed by atoms with van der Waals surface area (Å²) < 4.78 is 0. The molecule has 2 aromatic rings. The van der Waals surface area contributed by atoms with E-state index >= 15 is 0 Å². The number of nitrogens with one attached hydrogen (secondary N) is 1.